The number of hydrazine groups is 1. The van der Waals surface area contributed by atoms with Gasteiger partial charge < -0.3 is 4.74 Å². The van der Waals surface area contributed by atoms with Gasteiger partial charge in [-0.05, 0) is 43.2 Å². The average Bonchev–Trinajstić information content (AvgIpc) is 2.79. The molecule has 1 fully saturated rings. The van der Waals surface area contributed by atoms with Crippen molar-refractivity contribution in [1.82, 2.24) is 5.01 Å². The van der Waals surface area contributed by atoms with Gasteiger partial charge in [-0.1, -0.05) is 31.2 Å². The summed E-state index contributed by atoms with van der Waals surface area (Å²) < 4.78 is 6.21. The fourth-order valence-electron chi connectivity index (χ4n) is 3.20. The number of hydrogen-bond acceptors (Lipinski definition) is 4. The molecule has 4 rings (SSSR count). The monoisotopic (exact) mass is 321 g/mol. The van der Waals surface area contributed by atoms with Gasteiger partial charge in [-0.2, -0.15) is 5.01 Å². The number of carbonyl (C=O) groups excluding carboxylic acids is 1. The highest BCUT2D eigenvalue weighted by atomic mass is 16.5. The van der Waals surface area contributed by atoms with E-state index in [1.54, 1.807) is 10.0 Å². The highest BCUT2D eigenvalue weighted by molar-refractivity contribution is 6.49. The zero-order valence-electron chi connectivity index (χ0n) is 14.0. The molecule has 2 aliphatic rings. The predicted molar refractivity (Wildman–Crippen MR) is 93.6 cm³/mol. The van der Waals surface area contributed by atoms with E-state index in [2.05, 4.69) is 11.9 Å². The van der Waals surface area contributed by atoms with Gasteiger partial charge in [-0.3, -0.25) is 4.79 Å². The Morgan fingerprint density at radius 1 is 1.17 bits per heavy atom. The van der Waals surface area contributed by atoms with Crippen LogP contribution in [0.1, 0.15) is 19.4 Å². The fourth-order valence-corrected chi connectivity index (χ4v) is 3.20. The zero-order valence-corrected chi connectivity index (χ0v) is 14.0. The molecule has 0 spiro atoms. The molecule has 24 heavy (non-hydrogen) atoms. The Morgan fingerprint density at radius 3 is 2.62 bits per heavy atom. The Bertz CT molecular complexity index is 847. The molecule has 5 nitrogen and oxygen atoms in total. The molecule has 0 saturated carbocycles. The number of carbonyl (C=O) groups is 1. The van der Waals surface area contributed by atoms with Gasteiger partial charge in [-0.25, -0.2) is 10.0 Å². The number of para-hydroxylation sites is 1. The third-order valence-corrected chi connectivity index (χ3v) is 4.73. The van der Waals surface area contributed by atoms with Crippen LogP contribution < -0.4 is 9.75 Å². The number of amides is 1. The van der Waals surface area contributed by atoms with E-state index in [0.717, 1.165) is 17.8 Å². The first-order valence-corrected chi connectivity index (χ1v) is 8.09. The number of rotatable bonds is 2. The van der Waals surface area contributed by atoms with Crippen molar-refractivity contribution in [3.8, 4) is 5.75 Å². The van der Waals surface area contributed by atoms with Crippen LogP contribution in [0, 0.1) is 0 Å². The molecule has 2 aromatic carbocycles. The second-order valence-corrected chi connectivity index (χ2v) is 6.18. The minimum Gasteiger partial charge on any atom is -0.463 e. The third kappa shape index (κ3) is 1.98. The van der Waals surface area contributed by atoms with Crippen molar-refractivity contribution < 1.29 is 9.53 Å². The maximum Gasteiger partial charge on any atom is 0.293 e. The fraction of sp³-hybridized carbons (Fsp3) is 0.263. The van der Waals surface area contributed by atoms with Crippen LogP contribution >= 0.6 is 0 Å². The molecule has 1 atom stereocenters. The van der Waals surface area contributed by atoms with Crippen molar-refractivity contribution in [2.45, 2.75) is 26.0 Å². The van der Waals surface area contributed by atoms with Gasteiger partial charge in [0.1, 0.15) is 11.4 Å². The van der Waals surface area contributed by atoms with E-state index >= 15 is 0 Å². The third-order valence-electron chi connectivity index (χ3n) is 4.73. The van der Waals surface area contributed by atoms with Crippen molar-refractivity contribution in [2.24, 2.45) is 4.99 Å². The Morgan fingerprint density at radius 2 is 1.92 bits per heavy atom. The van der Waals surface area contributed by atoms with Crippen LogP contribution in [0.5, 0.6) is 5.75 Å². The molecule has 0 aromatic heterocycles. The smallest absolute Gasteiger partial charge is 0.293 e. The van der Waals surface area contributed by atoms with E-state index < -0.39 is 5.72 Å². The summed E-state index contributed by atoms with van der Waals surface area (Å²) in [7, 11) is 1.85. The first kappa shape index (κ1) is 14.9. The number of fused-ring (bicyclic) bond motifs is 2. The molecule has 122 valence electrons. The Kier molecular flexibility index (Phi) is 3.21. The highest BCUT2D eigenvalue weighted by Crippen LogP contribution is 2.42. The summed E-state index contributed by atoms with van der Waals surface area (Å²) in [5.41, 5.74) is 2.19. The van der Waals surface area contributed by atoms with Crippen molar-refractivity contribution in [3.05, 3.63) is 54.1 Å². The Balaban J connectivity index is 1.82. The largest absolute Gasteiger partial charge is 0.463 e. The molecule has 2 aliphatic heterocycles. The lowest BCUT2D eigenvalue weighted by atomic mass is 10.1. The Labute approximate surface area is 141 Å². The number of aliphatic imine (C=N–C) groups is 1. The van der Waals surface area contributed by atoms with Gasteiger partial charge >= 0.3 is 0 Å². The molecule has 1 saturated heterocycles. The normalized spacial score (nSPS) is 22.7. The van der Waals surface area contributed by atoms with E-state index in [-0.39, 0.29) is 5.91 Å². The number of anilines is 1. The maximum absolute atomic E-state index is 13.0. The molecule has 0 N–H and O–H groups in total. The summed E-state index contributed by atoms with van der Waals surface area (Å²) in [5.74, 6) is 0.548. The van der Waals surface area contributed by atoms with Crippen LogP contribution in [-0.2, 0) is 11.2 Å². The SMILES string of the molecule is CCc1ccc2c(c1)N=C1C(=O)N(c3ccccc3)N(C)C1(C)O2. The van der Waals surface area contributed by atoms with E-state index in [9.17, 15) is 4.79 Å². The summed E-state index contributed by atoms with van der Waals surface area (Å²) in [5, 5.41) is 3.42. The van der Waals surface area contributed by atoms with Gasteiger partial charge in [0.2, 0.25) is 5.72 Å². The zero-order chi connectivity index (χ0) is 16.9. The summed E-state index contributed by atoms with van der Waals surface area (Å²) in [6.45, 7) is 3.97. The molecule has 0 radical (unpaired) electrons. The number of benzene rings is 2. The minimum atomic E-state index is -0.909. The lowest BCUT2D eigenvalue weighted by Gasteiger charge is -2.36. The number of hydrogen-bond donors (Lipinski definition) is 0. The highest BCUT2D eigenvalue weighted by Gasteiger charge is 2.55. The topological polar surface area (TPSA) is 45.1 Å². The molecule has 2 heterocycles. The second kappa shape index (κ2) is 5.18. The molecular formula is C19H19N3O2. The first-order valence-electron chi connectivity index (χ1n) is 8.09. The van der Waals surface area contributed by atoms with Crippen LogP contribution in [-0.4, -0.2) is 29.4 Å². The minimum absolute atomic E-state index is 0.154. The average molecular weight is 321 g/mol. The van der Waals surface area contributed by atoms with Crippen LogP contribution in [0.2, 0.25) is 0 Å². The van der Waals surface area contributed by atoms with Crippen LogP contribution in [0.4, 0.5) is 11.4 Å². The Hall–Kier alpha value is -2.66. The van der Waals surface area contributed by atoms with Crippen LogP contribution in [0.25, 0.3) is 0 Å². The molecule has 0 aliphatic carbocycles. The van der Waals surface area contributed by atoms with Gasteiger partial charge in [0.05, 0.1) is 5.69 Å². The van der Waals surface area contributed by atoms with Crippen LogP contribution in [0.3, 0.4) is 0 Å². The van der Waals surface area contributed by atoms with Crippen molar-refractivity contribution in [1.29, 1.82) is 0 Å². The summed E-state index contributed by atoms with van der Waals surface area (Å²) >= 11 is 0. The van der Waals surface area contributed by atoms with E-state index in [0.29, 0.717) is 11.5 Å². The van der Waals surface area contributed by atoms with Gasteiger partial charge in [0.25, 0.3) is 5.91 Å². The summed E-state index contributed by atoms with van der Waals surface area (Å²) in [6.07, 6.45) is 0.916. The van der Waals surface area contributed by atoms with Crippen molar-refractivity contribution >= 4 is 23.0 Å². The molecule has 1 amide bonds. The van der Waals surface area contributed by atoms with Gasteiger partial charge in [0, 0.05) is 7.05 Å². The standard InChI is InChI=1S/C19H19N3O2/c1-4-13-10-11-16-15(12-13)20-17-18(23)22(14-8-6-5-7-9-14)21(3)19(17,2)24-16/h5-12H,4H2,1-3H3. The van der Waals surface area contributed by atoms with E-state index in [4.69, 9.17) is 4.74 Å². The van der Waals surface area contributed by atoms with Crippen molar-refractivity contribution in [2.75, 3.05) is 12.1 Å². The lowest BCUT2D eigenvalue weighted by Crippen LogP contribution is -2.53. The summed E-state index contributed by atoms with van der Waals surface area (Å²) in [6, 6.07) is 15.5. The molecular weight excluding hydrogens is 302 g/mol. The maximum atomic E-state index is 13.0. The van der Waals surface area contributed by atoms with Gasteiger partial charge in [0.15, 0.2) is 5.71 Å². The predicted octanol–water partition coefficient (Wildman–Crippen LogP) is 3.32. The van der Waals surface area contributed by atoms with Crippen molar-refractivity contribution in [3.63, 3.8) is 0 Å². The van der Waals surface area contributed by atoms with Gasteiger partial charge in [-0.15, -0.1) is 0 Å². The number of ether oxygens (including phenoxy) is 1. The molecule has 5 heteroatoms. The quantitative estimate of drug-likeness (QED) is 0.852. The van der Waals surface area contributed by atoms with E-state index in [1.807, 2.05) is 62.5 Å². The number of aryl methyl sites for hydroxylation is 1. The molecule has 0 bridgehead atoms. The first-order chi connectivity index (χ1) is 11.5. The molecule has 2 aromatic rings. The summed E-state index contributed by atoms with van der Waals surface area (Å²) in [4.78, 5) is 17.6. The number of nitrogens with zero attached hydrogens (tertiary/aromatic N) is 3. The lowest BCUT2D eigenvalue weighted by molar-refractivity contribution is -0.113. The van der Waals surface area contributed by atoms with E-state index in [1.165, 1.54) is 5.56 Å². The van der Waals surface area contributed by atoms with Crippen LogP contribution in [0.15, 0.2) is 53.5 Å². The molecule has 1 unspecified atom stereocenters. The second-order valence-electron chi connectivity index (χ2n) is 6.18.